The number of phosphoric acid groups is 1. The van der Waals surface area contributed by atoms with Gasteiger partial charge in [-0.05, 0) is 35.9 Å². The van der Waals surface area contributed by atoms with Gasteiger partial charge in [0.05, 0.1) is 0 Å². The summed E-state index contributed by atoms with van der Waals surface area (Å²) in [7, 11) is -2.98. The van der Waals surface area contributed by atoms with Gasteiger partial charge in [-0.2, -0.15) is 0 Å². The van der Waals surface area contributed by atoms with Crippen molar-refractivity contribution in [3.63, 3.8) is 0 Å². The molecule has 0 aliphatic heterocycles. The molecule has 0 saturated carbocycles. The number of nitroso groups, excluding NO2 is 1. The third-order valence-electron chi connectivity index (χ3n) is 1.72. The molecule has 0 spiro atoms. The fourth-order valence-corrected chi connectivity index (χ4v) is 1.41. The first-order chi connectivity index (χ1) is 6.98. The van der Waals surface area contributed by atoms with Gasteiger partial charge in [-0.3, -0.25) is 9.42 Å². The number of aryl methyl sites for hydroxylation is 1. The predicted molar refractivity (Wildman–Crippen MR) is 54.1 cm³/mol. The van der Waals surface area contributed by atoms with E-state index < -0.39 is 7.82 Å². The second-order valence-corrected chi connectivity index (χ2v) is 4.27. The highest BCUT2D eigenvalue weighted by molar-refractivity contribution is 7.47. The van der Waals surface area contributed by atoms with Crippen LogP contribution >= 0.6 is 7.82 Å². The number of rotatable bonds is 4. The monoisotopic (exact) mass is 231 g/mol. The zero-order chi connectivity index (χ0) is 11.5. The molecule has 15 heavy (non-hydrogen) atoms. The van der Waals surface area contributed by atoms with Gasteiger partial charge in [0.2, 0.25) is 0 Å². The Balaban J connectivity index is 2.94. The van der Waals surface area contributed by atoms with Crippen molar-refractivity contribution in [1.82, 2.24) is 0 Å². The van der Waals surface area contributed by atoms with Crippen LogP contribution in [-0.2, 0) is 9.09 Å². The number of benzene rings is 1. The van der Waals surface area contributed by atoms with E-state index in [4.69, 9.17) is 4.89 Å². The normalized spacial score (nSPS) is 14.3. The largest absolute Gasteiger partial charge is 0.527 e. The van der Waals surface area contributed by atoms with Crippen LogP contribution in [0.5, 0.6) is 5.75 Å². The molecule has 1 aromatic carbocycles. The van der Waals surface area contributed by atoms with Crippen molar-refractivity contribution in [3.8, 4) is 5.75 Å². The summed E-state index contributed by atoms with van der Waals surface area (Å²) in [5, 5.41) is 2.76. The lowest BCUT2D eigenvalue weighted by molar-refractivity contribution is 0.242. The van der Waals surface area contributed by atoms with Crippen LogP contribution in [0.4, 0.5) is 5.69 Å². The van der Waals surface area contributed by atoms with Gasteiger partial charge in [0.1, 0.15) is 11.4 Å². The van der Waals surface area contributed by atoms with Crippen LogP contribution in [0.15, 0.2) is 23.4 Å². The van der Waals surface area contributed by atoms with Gasteiger partial charge >= 0.3 is 7.82 Å². The zero-order valence-electron chi connectivity index (χ0n) is 8.21. The summed E-state index contributed by atoms with van der Waals surface area (Å²) in [6.45, 7) is 1.64. The second-order valence-electron chi connectivity index (χ2n) is 2.78. The van der Waals surface area contributed by atoms with E-state index in [0.717, 1.165) is 7.11 Å². The molecule has 1 rings (SSSR count). The molecule has 0 radical (unpaired) electrons. The first-order valence-corrected chi connectivity index (χ1v) is 5.50. The van der Waals surface area contributed by atoms with Crippen LogP contribution < -0.4 is 4.52 Å². The van der Waals surface area contributed by atoms with E-state index in [9.17, 15) is 9.47 Å². The molecule has 0 saturated heterocycles. The Hall–Kier alpha value is -1.23. The van der Waals surface area contributed by atoms with Gasteiger partial charge in [-0.25, -0.2) is 4.57 Å². The molecule has 0 aliphatic rings. The minimum Gasteiger partial charge on any atom is -0.404 e. The molecule has 1 N–H and O–H groups in total. The molecule has 0 heterocycles. The number of phosphoric ester groups is 1. The lowest BCUT2D eigenvalue weighted by Gasteiger charge is -2.10. The molecule has 1 atom stereocenters. The maximum atomic E-state index is 11.0. The van der Waals surface area contributed by atoms with Crippen molar-refractivity contribution in [2.24, 2.45) is 5.18 Å². The average molecular weight is 231 g/mol. The second kappa shape index (κ2) is 4.53. The topological polar surface area (TPSA) is 85.2 Å². The molecular weight excluding hydrogens is 221 g/mol. The molecule has 0 aliphatic carbocycles. The maximum Gasteiger partial charge on any atom is 0.527 e. The molecule has 0 aromatic heterocycles. The van der Waals surface area contributed by atoms with Gasteiger partial charge in [0.25, 0.3) is 0 Å². The molecule has 0 amide bonds. The molecule has 1 aromatic rings. The van der Waals surface area contributed by atoms with Crippen molar-refractivity contribution in [1.29, 1.82) is 0 Å². The molecule has 7 heteroatoms. The van der Waals surface area contributed by atoms with Gasteiger partial charge in [0.15, 0.2) is 0 Å². The van der Waals surface area contributed by atoms with E-state index in [-0.39, 0.29) is 11.4 Å². The molecular formula is C8H10NO5P. The SMILES string of the molecule is COP(=O)(O)Oc1ccc(N=O)c(C)c1. The lowest BCUT2D eigenvalue weighted by Crippen LogP contribution is -1.93. The average Bonchev–Trinajstić information content (AvgIpc) is 2.17. The predicted octanol–water partition coefficient (Wildman–Crippen LogP) is 2.52. The van der Waals surface area contributed by atoms with Crippen molar-refractivity contribution >= 4 is 13.5 Å². The van der Waals surface area contributed by atoms with Crippen LogP contribution in [0.25, 0.3) is 0 Å². The quantitative estimate of drug-likeness (QED) is 0.635. The number of nitrogens with zero attached hydrogens (tertiary/aromatic N) is 1. The molecule has 0 bridgehead atoms. The Labute approximate surface area is 86.4 Å². The number of hydrogen-bond acceptors (Lipinski definition) is 5. The smallest absolute Gasteiger partial charge is 0.404 e. The maximum absolute atomic E-state index is 11.0. The van der Waals surface area contributed by atoms with Gasteiger partial charge < -0.3 is 4.52 Å². The Kier molecular flexibility index (Phi) is 3.57. The van der Waals surface area contributed by atoms with Crippen LogP contribution in [0.1, 0.15) is 5.56 Å². The fraction of sp³-hybridized carbons (Fsp3) is 0.250. The van der Waals surface area contributed by atoms with Gasteiger partial charge in [0, 0.05) is 7.11 Å². The minimum absolute atomic E-state index is 0.146. The highest BCUT2D eigenvalue weighted by atomic mass is 31.2. The van der Waals surface area contributed by atoms with Crippen molar-refractivity contribution < 1.29 is 18.5 Å². The van der Waals surface area contributed by atoms with E-state index in [0.29, 0.717) is 5.56 Å². The van der Waals surface area contributed by atoms with Crippen LogP contribution in [0.3, 0.4) is 0 Å². The third-order valence-corrected chi connectivity index (χ3v) is 2.62. The van der Waals surface area contributed by atoms with Crippen molar-refractivity contribution in [2.45, 2.75) is 6.92 Å². The third kappa shape index (κ3) is 3.13. The van der Waals surface area contributed by atoms with Crippen LogP contribution in [-0.4, -0.2) is 12.0 Å². The van der Waals surface area contributed by atoms with Crippen LogP contribution in [0, 0.1) is 11.8 Å². The van der Waals surface area contributed by atoms with Crippen molar-refractivity contribution in [2.75, 3.05) is 7.11 Å². The summed E-state index contributed by atoms with van der Waals surface area (Å²) in [6, 6.07) is 4.19. The fourth-order valence-electron chi connectivity index (χ4n) is 0.958. The Morgan fingerprint density at radius 3 is 2.60 bits per heavy atom. The van der Waals surface area contributed by atoms with E-state index >= 15 is 0 Å². The van der Waals surface area contributed by atoms with E-state index in [2.05, 4.69) is 14.2 Å². The summed E-state index contributed by atoms with van der Waals surface area (Å²) < 4.78 is 20.0. The number of hydrogen-bond donors (Lipinski definition) is 1. The Morgan fingerprint density at radius 1 is 1.47 bits per heavy atom. The zero-order valence-corrected chi connectivity index (χ0v) is 9.10. The molecule has 1 unspecified atom stereocenters. The first-order valence-electron chi connectivity index (χ1n) is 4.00. The molecule has 0 fully saturated rings. The Bertz CT molecular complexity index is 419. The highest BCUT2D eigenvalue weighted by Crippen LogP contribution is 2.43. The summed E-state index contributed by atoms with van der Waals surface area (Å²) in [4.78, 5) is 19.3. The Morgan fingerprint density at radius 2 is 2.13 bits per heavy atom. The van der Waals surface area contributed by atoms with E-state index in [1.807, 2.05) is 0 Å². The molecule has 6 nitrogen and oxygen atoms in total. The highest BCUT2D eigenvalue weighted by Gasteiger charge is 2.20. The summed E-state index contributed by atoms with van der Waals surface area (Å²) in [5.41, 5.74) is 0.811. The van der Waals surface area contributed by atoms with Gasteiger partial charge in [-0.1, -0.05) is 0 Å². The van der Waals surface area contributed by atoms with Crippen molar-refractivity contribution in [3.05, 3.63) is 28.7 Å². The molecule has 82 valence electrons. The van der Waals surface area contributed by atoms with E-state index in [1.54, 1.807) is 6.92 Å². The first kappa shape index (κ1) is 11.8. The summed E-state index contributed by atoms with van der Waals surface area (Å²) >= 11 is 0. The summed E-state index contributed by atoms with van der Waals surface area (Å²) in [5.74, 6) is 0.146. The van der Waals surface area contributed by atoms with Gasteiger partial charge in [-0.15, -0.1) is 4.91 Å². The summed E-state index contributed by atoms with van der Waals surface area (Å²) in [6.07, 6.45) is 0. The van der Waals surface area contributed by atoms with E-state index in [1.165, 1.54) is 18.2 Å². The van der Waals surface area contributed by atoms with Crippen LogP contribution in [0.2, 0.25) is 0 Å². The lowest BCUT2D eigenvalue weighted by atomic mass is 10.2. The standard InChI is InChI=1S/C8H10NO5P/c1-6-5-7(3-4-8(6)9-10)14-15(11,12)13-2/h3-5H,1-2H3,(H,11,12). The minimum atomic E-state index is -4.05.